The standard InChI is InChI=1S/C28H38N6O6/c1-16(2)22(30)26(36)33-25-18-10-11-20(34(18)32-15-31-25)28(14-29)24-23(39-27(3,4)40-24)19(38-28)13-37-21(35)12-17-8-6-5-7-9-17/h10-11,15-17,19,22-24H,5-9,12-13,30H2,1-4H3,(H,31,32,33,36)/t19-,22+,23-,24-,28+/m1/s1. The number of nitriles is 1. The number of hydrogen-bond acceptors (Lipinski definition) is 10. The fourth-order valence-corrected chi connectivity index (χ4v) is 5.91. The van der Waals surface area contributed by atoms with Crippen molar-refractivity contribution in [2.75, 3.05) is 11.9 Å². The lowest BCUT2D eigenvalue weighted by Crippen LogP contribution is -2.41. The van der Waals surface area contributed by atoms with Gasteiger partial charge in [0.15, 0.2) is 11.6 Å². The minimum Gasteiger partial charge on any atom is -0.463 e. The Morgan fingerprint density at radius 1 is 1.23 bits per heavy atom. The quantitative estimate of drug-likeness (QED) is 0.464. The number of anilines is 1. The van der Waals surface area contributed by atoms with Gasteiger partial charge in [-0.2, -0.15) is 10.4 Å². The summed E-state index contributed by atoms with van der Waals surface area (Å²) in [6, 6.07) is 4.97. The van der Waals surface area contributed by atoms with Crippen molar-refractivity contribution < 1.29 is 28.5 Å². The van der Waals surface area contributed by atoms with Crippen LogP contribution in [-0.2, 0) is 34.1 Å². The highest BCUT2D eigenvalue weighted by molar-refractivity contribution is 5.97. The molecule has 40 heavy (non-hydrogen) atoms. The van der Waals surface area contributed by atoms with Gasteiger partial charge in [0.25, 0.3) is 0 Å². The van der Waals surface area contributed by atoms with Gasteiger partial charge in [-0.15, -0.1) is 0 Å². The smallest absolute Gasteiger partial charge is 0.306 e. The number of carbonyl (C=O) groups excluding carboxylic acids is 2. The lowest BCUT2D eigenvalue weighted by molar-refractivity contribution is -0.207. The molecule has 0 aromatic carbocycles. The molecule has 3 fully saturated rings. The van der Waals surface area contributed by atoms with E-state index in [1.54, 1.807) is 26.0 Å². The van der Waals surface area contributed by atoms with Gasteiger partial charge in [0.05, 0.1) is 11.7 Å². The van der Waals surface area contributed by atoms with Gasteiger partial charge >= 0.3 is 5.97 Å². The van der Waals surface area contributed by atoms with E-state index in [2.05, 4.69) is 21.5 Å². The highest BCUT2D eigenvalue weighted by Gasteiger charge is 2.65. The van der Waals surface area contributed by atoms with E-state index in [9.17, 15) is 14.9 Å². The summed E-state index contributed by atoms with van der Waals surface area (Å²) in [6.45, 7) is 7.18. The second kappa shape index (κ2) is 11.0. The van der Waals surface area contributed by atoms with Crippen LogP contribution in [0.5, 0.6) is 0 Å². The van der Waals surface area contributed by atoms with Crippen molar-refractivity contribution in [2.45, 2.75) is 102 Å². The lowest BCUT2D eigenvalue weighted by Gasteiger charge is -2.29. The third-order valence-electron chi connectivity index (χ3n) is 8.08. The third-order valence-corrected chi connectivity index (χ3v) is 8.08. The molecule has 5 rings (SSSR count). The number of ether oxygens (including phenoxy) is 4. The molecule has 0 radical (unpaired) electrons. The van der Waals surface area contributed by atoms with E-state index in [1.165, 1.54) is 17.3 Å². The maximum Gasteiger partial charge on any atom is 0.306 e. The summed E-state index contributed by atoms with van der Waals surface area (Å²) in [4.78, 5) is 29.5. The van der Waals surface area contributed by atoms with E-state index in [1.807, 2.05) is 13.8 Å². The number of nitrogens with one attached hydrogen (secondary N) is 1. The van der Waals surface area contributed by atoms with E-state index < -0.39 is 35.7 Å². The molecule has 2 aromatic heterocycles. The molecule has 12 nitrogen and oxygen atoms in total. The van der Waals surface area contributed by atoms with Gasteiger partial charge in [0.2, 0.25) is 11.5 Å². The zero-order chi connectivity index (χ0) is 28.7. The van der Waals surface area contributed by atoms with E-state index >= 15 is 0 Å². The Morgan fingerprint density at radius 3 is 2.67 bits per heavy atom. The van der Waals surface area contributed by atoms with Gasteiger partial charge in [0.1, 0.15) is 42.8 Å². The van der Waals surface area contributed by atoms with E-state index in [4.69, 9.17) is 24.7 Å². The molecule has 0 spiro atoms. The Kier molecular flexibility index (Phi) is 7.85. The SMILES string of the molecule is CC(C)[C@H](N)C(=O)Nc1ncnn2c([C@]3(C#N)O[C@H](COC(=O)CC4CCCCC4)[C@H]4OC(C)(C)O[C@H]43)ccc12. The summed E-state index contributed by atoms with van der Waals surface area (Å²) in [5, 5.41) is 17.7. The van der Waals surface area contributed by atoms with Crippen molar-refractivity contribution in [3.05, 3.63) is 24.2 Å². The molecule has 1 saturated carbocycles. The average molecular weight is 555 g/mol. The summed E-state index contributed by atoms with van der Waals surface area (Å²) in [7, 11) is 0. The molecule has 216 valence electrons. The minimum absolute atomic E-state index is 0.0672. The number of nitrogens with two attached hydrogens (primary N) is 1. The molecule has 2 aromatic rings. The van der Waals surface area contributed by atoms with Crippen LogP contribution in [0.15, 0.2) is 18.5 Å². The van der Waals surface area contributed by atoms with Crippen LogP contribution in [0.25, 0.3) is 5.52 Å². The first-order valence-electron chi connectivity index (χ1n) is 14.0. The highest BCUT2D eigenvalue weighted by Crippen LogP contribution is 2.49. The summed E-state index contributed by atoms with van der Waals surface area (Å²) >= 11 is 0. The molecule has 5 atom stereocenters. The molecule has 1 amide bonds. The second-order valence-corrected chi connectivity index (χ2v) is 11.8. The van der Waals surface area contributed by atoms with Gasteiger partial charge < -0.3 is 30.0 Å². The molecule has 4 heterocycles. The van der Waals surface area contributed by atoms with Gasteiger partial charge in [-0.25, -0.2) is 9.50 Å². The molecule has 0 bridgehead atoms. The first-order valence-corrected chi connectivity index (χ1v) is 14.0. The lowest BCUT2D eigenvalue weighted by atomic mass is 9.87. The Hall–Kier alpha value is -3.11. The van der Waals surface area contributed by atoms with Gasteiger partial charge in [-0.1, -0.05) is 33.1 Å². The molecule has 1 aliphatic carbocycles. The Labute approximate surface area is 233 Å². The Balaban J connectivity index is 1.40. The number of rotatable bonds is 8. The summed E-state index contributed by atoms with van der Waals surface area (Å²) in [5.41, 5.74) is 5.21. The largest absolute Gasteiger partial charge is 0.463 e. The predicted molar refractivity (Wildman–Crippen MR) is 143 cm³/mol. The topological polar surface area (TPSA) is 163 Å². The minimum atomic E-state index is -1.63. The molecular weight excluding hydrogens is 516 g/mol. The Morgan fingerprint density at radius 2 is 1.98 bits per heavy atom. The molecule has 12 heteroatoms. The van der Waals surface area contributed by atoms with Crippen molar-refractivity contribution in [3.8, 4) is 6.07 Å². The maximum absolute atomic E-state index is 12.7. The van der Waals surface area contributed by atoms with E-state index in [-0.39, 0.29) is 30.2 Å². The fourth-order valence-electron chi connectivity index (χ4n) is 5.91. The molecule has 2 saturated heterocycles. The van der Waals surface area contributed by atoms with Crippen LogP contribution in [0.4, 0.5) is 5.82 Å². The zero-order valence-electron chi connectivity index (χ0n) is 23.5. The van der Waals surface area contributed by atoms with Crippen LogP contribution in [-0.4, -0.2) is 63.2 Å². The number of nitrogens with zero attached hydrogens (tertiary/aromatic N) is 4. The molecule has 2 aliphatic heterocycles. The number of fused-ring (bicyclic) bond motifs is 2. The molecule has 3 aliphatic rings. The molecular formula is C28H38N6O6. The predicted octanol–water partition coefficient (Wildman–Crippen LogP) is 2.80. The van der Waals surface area contributed by atoms with E-state index in [0.717, 1.165) is 25.7 Å². The third kappa shape index (κ3) is 5.31. The van der Waals surface area contributed by atoms with Crippen LogP contribution in [0, 0.1) is 23.2 Å². The van der Waals surface area contributed by atoms with Crippen LogP contribution >= 0.6 is 0 Å². The summed E-state index contributed by atoms with van der Waals surface area (Å²) in [6.07, 6.45) is 5.01. The average Bonchev–Trinajstić information content (AvgIpc) is 3.58. The van der Waals surface area contributed by atoms with Gasteiger partial charge in [-0.3, -0.25) is 9.59 Å². The monoisotopic (exact) mass is 554 g/mol. The van der Waals surface area contributed by atoms with Crippen molar-refractivity contribution in [1.82, 2.24) is 14.6 Å². The number of carbonyl (C=O) groups is 2. The first kappa shape index (κ1) is 28.4. The van der Waals surface area contributed by atoms with Crippen molar-refractivity contribution in [2.24, 2.45) is 17.6 Å². The van der Waals surface area contributed by atoms with Crippen LogP contribution < -0.4 is 11.1 Å². The van der Waals surface area contributed by atoms with Gasteiger partial charge in [0, 0.05) is 6.42 Å². The molecule has 3 N–H and O–H groups in total. The molecule has 0 unspecified atom stereocenters. The van der Waals surface area contributed by atoms with Crippen molar-refractivity contribution in [3.63, 3.8) is 0 Å². The zero-order valence-corrected chi connectivity index (χ0v) is 23.5. The van der Waals surface area contributed by atoms with E-state index in [0.29, 0.717) is 23.5 Å². The number of amides is 1. The van der Waals surface area contributed by atoms with Crippen LogP contribution in [0.1, 0.15) is 71.9 Å². The van der Waals surface area contributed by atoms with Crippen molar-refractivity contribution in [1.29, 1.82) is 5.26 Å². The summed E-state index contributed by atoms with van der Waals surface area (Å²) < 4.78 is 25.9. The number of esters is 1. The van der Waals surface area contributed by atoms with Gasteiger partial charge in [-0.05, 0) is 50.7 Å². The Bertz CT molecular complexity index is 1300. The van der Waals surface area contributed by atoms with Crippen LogP contribution in [0.3, 0.4) is 0 Å². The number of aromatic nitrogens is 3. The first-order chi connectivity index (χ1) is 19.0. The second-order valence-electron chi connectivity index (χ2n) is 11.8. The fraction of sp³-hybridized carbons (Fsp3) is 0.679. The highest BCUT2D eigenvalue weighted by atomic mass is 16.8. The normalized spacial score (nSPS) is 28.8. The number of hydrogen-bond donors (Lipinski definition) is 2. The van der Waals surface area contributed by atoms with Crippen LogP contribution in [0.2, 0.25) is 0 Å². The van der Waals surface area contributed by atoms with Crippen molar-refractivity contribution >= 4 is 23.2 Å². The maximum atomic E-state index is 12.7. The summed E-state index contributed by atoms with van der Waals surface area (Å²) in [5.74, 6) is -1.11.